The number of aromatic nitrogens is 2. The maximum absolute atomic E-state index is 12.3. The van der Waals surface area contributed by atoms with Gasteiger partial charge in [-0.2, -0.15) is 5.10 Å². The lowest BCUT2D eigenvalue weighted by Crippen LogP contribution is -2.26. The van der Waals surface area contributed by atoms with Crippen molar-refractivity contribution in [3.05, 3.63) is 74.7 Å². The van der Waals surface area contributed by atoms with Crippen molar-refractivity contribution in [1.29, 1.82) is 0 Å². The fourth-order valence-corrected chi connectivity index (χ4v) is 3.80. The SMILES string of the molecule is O=C(NCCc1cccs1)c1cc2n(n1)CC(c1ccc(Cl)cc1)OC2. The molecule has 0 spiro atoms. The monoisotopic (exact) mass is 387 g/mol. The maximum atomic E-state index is 12.3. The molecule has 0 saturated heterocycles. The van der Waals surface area contributed by atoms with Crippen LogP contribution in [0.1, 0.15) is 32.7 Å². The summed E-state index contributed by atoms with van der Waals surface area (Å²) in [4.78, 5) is 13.6. The van der Waals surface area contributed by atoms with Crippen LogP contribution in [-0.4, -0.2) is 22.2 Å². The summed E-state index contributed by atoms with van der Waals surface area (Å²) in [6.45, 7) is 1.62. The van der Waals surface area contributed by atoms with Crippen LogP contribution < -0.4 is 5.32 Å². The highest BCUT2D eigenvalue weighted by Crippen LogP contribution is 2.27. The van der Waals surface area contributed by atoms with Crippen molar-refractivity contribution in [1.82, 2.24) is 15.1 Å². The van der Waals surface area contributed by atoms with Crippen LogP contribution in [-0.2, 0) is 24.3 Å². The van der Waals surface area contributed by atoms with Crippen molar-refractivity contribution in [2.24, 2.45) is 0 Å². The molecule has 1 aliphatic heterocycles. The zero-order valence-electron chi connectivity index (χ0n) is 14.0. The Kier molecular flexibility index (Phi) is 5.06. The van der Waals surface area contributed by atoms with Gasteiger partial charge in [0.1, 0.15) is 6.10 Å². The first-order valence-corrected chi connectivity index (χ1v) is 9.69. The number of amides is 1. The third-order valence-corrected chi connectivity index (χ3v) is 5.53. The van der Waals surface area contributed by atoms with E-state index in [0.717, 1.165) is 17.7 Å². The molecule has 4 rings (SSSR count). The number of carbonyl (C=O) groups is 1. The highest BCUT2D eigenvalue weighted by atomic mass is 35.5. The van der Waals surface area contributed by atoms with Crippen LogP contribution in [0.5, 0.6) is 0 Å². The Balaban J connectivity index is 1.39. The van der Waals surface area contributed by atoms with E-state index in [-0.39, 0.29) is 12.0 Å². The topological polar surface area (TPSA) is 56.2 Å². The summed E-state index contributed by atoms with van der Waals surface area (Å²) in [5, 5.41) is 10.1. The summed E-state index contributed by atoms with van der Waals surface area (Å²) in [7, 11) is 0. The molecule has 7 heteroatoms. The highest BCUT2D eigenvalue weighted by Gasteiger charge is 2.24. The molecule has 1 unspecified atom stereocenters. The summed E-state index contributed by atoms with van der Waals surface area (Å²) in [5.74, 6) is -0.147. The van der Waals surface area contributed by atoms with Gasteiger partial charge in [-0.15, -0.1) is 11.3 Å². The van der Waals surface area contributed by atoms with Crippen molar-refractivity contribution in [2.75, 3.05) is 6.54 Å². The number of benzene rings is 1. The molecular formula is C19H18ClN3O2S. The molecule has 3 aromatic rings. The predicted octanol–water partition coefficient (Wildman–Crippen LogP) is 3.84. The molecule has 134 valence electrons. The van der Waals surface area contributed by atoms with E-state index in [1.807, 2.05) is 40.4 Å². The summed E-state index contributed by atoms with van der Waals surface area (Å²) < 4.78 is 7.78. The number of nitrogens with zero attached hydrogens (tertiary/aromatic N) is 2. The van der Waals surface area contributed by atoms with Gasteiger partial charge in [-0.05, 0) is 41.6 Å². The second-order valence-corrected chi connectivity index (χ2v) is 7.61. The van der Waals surface area contributed by atoms with E-state index in [9.17, 15) is 4.79 Å². The van der Waals surface area contributed by atoms with E-state index in [4.69, 9.17) is 16.3 Å². The second kappa shape index (κ2) is 7.61. The third-order valence-electron chi connectivity index (χ3n) is 4.35. The first-order chi connectivity index (χ1) is 12.7. The van der Waals surface area contributed by atoms with Crippen LogP contribution in [0.15, 0.2) is 47.8 Å². The zero-order chi connectivity index (χ0) is 17.9. The van der Waals surface area contributed by atoms with Gasteiger partial charge in [0.15, 0.2) is 5.69 Å². The number of rotatable bonds is 5. The van der Waals surface area contributed by atoms with Gasteiger partial charge < -0.3 is 10.1 Å². The van der Waals surface area contributed by atoms with Crippen LogP contribution in [0.25, 0.3) is 0 Å². The minimum atomic E-state index is -0.147. The fourth-order valence-electron chi connectivity index (χ4n) is 2.96. The number of fused-ring (bicyclic) bond motifs is 1. The van der Waals surface area contributed by atoms with Gasteiger partial charge in [0.25, 0.3) is 5.91 Å². The first-order valence-electron chi connectivity index (χ1n) is 8.43. The summed E-state index contributed by atoms with van der Waals surface area (Å²) in [5.41, 5.74) is 2.41. The number of hydrogen-bond acceptors (Lipinski definition) is 4. The normalized spacial score (nSPS) is 16.3. The van der Waals surface area contributed by atoms with E-state index < -0.39 is 0 Å². The summed E-state index contributed by atoms with van der Waals surface area (Å²) in [6, 6.07) is 13.5. The van der Waals surface area contributed by atoms with Gasteiger partial charge >= 0.3 is 0 Å². The number of ether oxygens (including phenoxy) is 1. The maximum Gasteiger partial charge on any atom is 0.271 e. The quantitative estimate of drug-likeness (QED) is 0.723. The lowest BCUT2D eigenvalue weighted by Gasteiger charge is -2.24. The largest absolute Gasteiger partial charge is 0.365 e. The number of nitrogens with one attached hydrogen (secondary N) is 1. The average Bonchev–Trinajstić information content (AvgIpc) is 3.31. The minimum absolute atomic E-state index is 0.0885. The predicted molar refractivity (Wildman–Crippen MR) is 102 cm³/mol. The summed E-state index contributed by atoms with van der Waals surface area (Å²) >= 11 is 7.64. The highest BCUT2D eigenvalue weighted by molar-refractivity contribution is 7.09. The molecule has 2 aromatic heterocycles. The number of hydrogen-bond donors (Lipinski definition) is 1. The van der Waals surface area contributed by atoms with E-state index in [1.54, 1.807) is 17.4 Å². The van der Waals surface area contributed by atoms with Gasteiger partial charge in [0.2, 0.25) is 0 Å². The smallest absolute Gasteiger partial charge is 0.271 e. The molecule has 5 nitrogen and oxygen atoms in total. The number of thiophene rings is 1. The van der Waals surface area contributed by atoms with Gasteiger partial charge in [0, 0.05) is 16.4 Å². The summed E-state index contributed by atoms with van der Waals surface area (Å²) in [6.07, 6.45) is 0.744. The molecule has 0 radical (unpaired) electrons. The molecule has 26 heavy (non-hydrogen) atoms. The van der Waals surface area contributed by atoms with Crippen LogP contribution >= 0.6 is 22.9 Å². The zero-order valence-corrected chi connectivity index (χ0v) is 15.6. The third kappa shape index (κ3) is 3.82. The molecule has 1 atom stereocenters. The van der Waals surface area contributed by atoms with Gasteiger partial charge in [-0.3, -0.25) is 9.48 Å². The van der Waals surface area contributed by atoms with Crippen LogP contribution in [0.2, 0.25) is 5.02 Å². The van der Waals surface area contributed by atoms with Crippen molar-refractivity contribution in [3.8, 4) is 0 Å². The Morgan fingerprint density at radius 3 is 2.96 bits per heavy atom. The molecule has 0 aliphatic carbocycles. The Bertz CT molecular complexity index is 890. The molecule has 1 aliphatic rings. The van der Waals surface area contributed by atoms with Crippen LogP contribution in [0, 0.1) is 0 Å². The van der Waals surface area contributed by atoms with Crippen molar-refractivity contribution < 1.29 is 9.53 Å². The molecule has 1 aromatic carbocycles. The van der Waals surface area contributed by atoms with Gasteiger partial charge in [-0.1, -0.05) is 29.8 Å². The molecule has 0 bridgehead atoms. The Hall–Kier alpha value is -2.15. The molecule has 3 heterocycles. The standard InChI is InChI=1S/C19H18ClN3O2S/c20-14-5-3-13(4-6-14)18-11-23-15(12-25-18)10-17(22-23)19(24)21-8-7-16-2-1-9-26-16/h1-6,9-10,18H,7-8,11-12H2,(H,21,24). The van der Waals surface area contributed by atoms with Crippen molar-refractivity contribution >= 4 is 28.8 Å². The molecule has 1 N–H and O–H groups in total. The Morgan fingerprint density at radius 2 is 2.19 bits per heavy atom. The molecule has 1 amide bonds. The van der Waals surface area contributed by atoms with Crippen molar-refractivity contribution in [3.63, 3.8) is 0 Å². The molecular weight excluding hydrogens is 370 g/mol. The van der Waals surface area contributed by atoms with Crippen molar-refractivity contribution in [2.45, 2.75) is 25.7 Å². The number of halogens is 1. The minimum Gasteiger partial charge on any atom is -0.365 e. The van der Waals surface area contributed by atoms with Gasteiger partial charge in [0.05, 0.1) is 18.8 Å². The molecule has 0 saturated carbocycles. The second-order valence-electron chi connectivity index (χ2n) is 6.14. The lowest BCUT2D eigenvalue weighted by atomic mass is 10.1. The average molecular weight is 388 g/mol. The van der Waals surface area contributed by atoms with E-state index in [1.165, 1.54) is 4.88 Å². The first kappa shape index (κ1) is 17.3. The lowest BCUT2D eigenvalue weighted by molar-refractivity contribution is -0.00119. The van der Waals surface area contributed by atoms with E-state index >= 15 is 0 Å². The van der Waals surface area contributed by atoms with Crippen LogP contribution in [0.4, 0.5) is 0 Å². The Labute approximate surface area is 160 Å². The van der Waals surface area contributed by atoms with Crippen LogP contribution in [0.3, 0.4) is 0 Å². The Morgan fingerprint density at radius 1 is 1.35 bits per heavy atom. The van der Waals surface area contributed by atoms with Gasteiger partial charge in [-0.25, -0.2) is 0 Å². The number of carbonyl (C=O) groups excluding carboxylic acids is 1. The van der Waals surface area contributed by atoms with E-state index in [0.29, 0.717) is 30.4 Å². The fraction of sp³-hybridized carbons (Fsp3) is 0.263. The molecule has 0 fully saturated rings. The van der Waals surface area contributed by atoms with E-state index in [2.05, 4.69) is 16.5 Å².